The van der Waals surface area contributed by atoms with Gasteiger partial charge in [-0.05, 0) is 146 Å². The van der Waals surface area contributed by atoms with Gasteiger partial charge in [-0.15, -0.1) is 0 Å². The summed E-state index contributed by atoms with van der Waals surface area (Å²) in [6, 6.07) is 0. The summed E-state index contributed by atoms with van der Waals surface area (Å²) in [5.41, 5.74) is 15.4. The summed E-state index contributed by atoms with van der Waals surface area (Å²) in [5, 5.41) is 0. The highest BCUT2D eigenvalue weighted by Crippen LogP contribution is 2.43. The molecule has 0 saturated heterocycles. The Bertz CT molecular complexity index is 2110. The second-order valence-corrected chi connectivity index (χ2v) is 17.4. The largest absolute Gasteiger partial charge is 0.0842 e. The van der Waals surface area contributed by atoms with E-state index in [1.807, 2.05) is 0 Å². The zero-order valence-electron chi connectivity index (χ0n) is 33.4. The van der Waals surface area contributed by atoms with Crippen LogP contribution in [0, 0.1) is 35.5 Å². The first-order valence-corrected chi connectivity index (χ1v) is 22.1. The fourth-order valence-electron chi connectivity index (χ4n) is 10.4. The zero-order chi connectivity index (χ0) is 37.5. The zero-order valence-corrected chi connectivity index (χ0v) is 33.4. The van der Waals surface area contributed by atoms with Gasteiger partial charge in [0, 0.05) is 29.6 Å². The van der Waals surface area contributed by atoms with Gasteiger partial charge in [0.15, 0.2) is 0 Å². The Labute approximate surface area is 337 Å². The topological polar surface area (TPSA) is 0 Å². The summed E-state index contributed by atoms with van der Waals surface area (Å²) in [4.78, 5) is 0. The summed E-state index contributed by atoms with van der Waals surface area (Å²) in [5.74, 6) is 3.11. The van der Waals surface area contributed by atoms with Crippen LogP contribution in [0.5, 0.6) is 0 Å². The van der Waals surface area contributed by atoms with Crippen molar-refractivity contribution < 1.29 is 0 Å². The van der Waals surface area contributed by atoms with Crippen LogP contribution >= 0.6 is 0 Å². The molecule has 0 fully saturated rings. The molecule has 0 amide bonds. The maximum absolute atomic E-state index is 2.61. The summed E-state index contributed by atoms with van der Waals surface area (Å²) < 4.78 is 0. The first-order chi connectivity index (χ1) is 27.7. The lowest BCUT2D eigenvalue weighted by atomic mass is 9.73. The summed E-state index contributed by atoms with van der Waals surface area (Å²) in [6.07, 6.45) is 79.2. The fraction of sp³-hybridized carbons (Fsp3) is 0.357. The van der Waals surface area contributed by atoms with Gasteiger partial charge in [0.1, 0.15) is 0 Å². The third kappa shape index (κ3) is 8.66. The maximum atomic E-state index is 2.61. The van der Waals surface area contributed by atoms with Gasteiger partial charge in [-0.2, -0.15) is 0 Å². The molecule has 6 unspecified atom stereocenters. The molecule has 284 valence electrons. The molecule has 0 heteroatoms. The average Bonchev–Trinajstić information content (AvgIpc) is 3.30. The van der Waals surface area contributed by atoms with Crippen molar-refractivity contribution in [2.75, 3.05) is 0 Å². The van der Waals surface area contributed by atoms with Crippen molar-refractivity contribution in [2.45, 2.75) is 89.9 Å². The summed E-state index contributed by atoms with van der Waals surface area (Å²) >= 11 is 0. The molecular weight excluding hydrogens is 673 g/mol. The van der Waals surface area contributed by atoms with E-state index in [1.54, 1.807) is 33.4 Å². The Morgan fingerprint density at radius 2 is 1.04 bits per heavy atom. The molecule has 6 atom stereocenters. The van der Waals surface area contributed by atoms with Crippen LogP contribution in [0.4, 0.5) is 0 Å². The predicted molar refractivity (Wildman–Crippen MR) is 240 cm³/mol. The highest BCUT2D eigenvalue weighted by molar-refractivity contribution is 5.49. The number of allylic oxidation sites excluding steroid dienone is 36. The molecule has 9 aliphatic carbocycles. The molecule has 0 saturated carbocycles. The van der Waals surface area contributed by atoms with Crippen LogP contribution in [-0.2, 0) is 0 Å². The second kappa shape index (κ2) is 17.6. The molecule has 0 aromatic rings. The highest BCUT2D eigenvalue weighted by Gasteiger charge is 2.28. The fourth-order valence-corrected chi connectivity index (χ4v) is 10.4. The molecule has 0 bridgehead atoms. The van der Waals surface area contributed by atoms with Gasteiger partial charge in [-0.25, -0.2) is 0 Å². The van der Waals surface area contributed by atoms with E-state index in [9.17, 15) is 0 Å². The Morgan fingerprint density at radius 3 is 1.55 bits per heavy atom. The van der Waals surface area contributed by atoms with Gasteiger partial charge in [0.25, 0.3) is 0 Å². The Hall–Kier alpha value is -4.68. The standard InChI is InChI=1S/C56H60/c1-4-10-42(11-5-1)46-20-26-49(27-21-46)45-18-16-41(17-19-45)40-56(54-36-32-52(33-37-54)50-28-22-47(23-29-50)43-12-6-2-7-13-43)55-38-34-53(35-39-55)51-30-24-48(25-31-51)44-14-8-3-9-15-44/h1-2,4-6,8,10,12,14-16,18-22,24,26,28,30-32,34,36,38-39,41-42,48-49,53,56H,3,7,9,11,13,17,23,25,27,29,33,35,37,40H2. The van der Waals surface area contributed by atoms with Crippen molar-refractivity contribution in [3.63, 3.8) is 0 Å². The molecule has 9 rings (SSSR count). The monoisotopic (exact) mass is 732 g/mol. The van der Waals surface area contributed by atoms with E-state index in [2.05, 4.69) is 158 Å². The molecule has 9 aliphatic rings. The minimum absolute atomic E-state index is 0.468. The average molecular weight is 733 g/mol. The predicted octanol–water partition coefficient (Wildman–Crippen LogP) is 15.0. The lowest BCUT2D eigenvalue weighted by Gasteiger charge is -2.31. The summed E-state index contributed by atoms with van der Waals surface area (Å²) in [7, 11) is 0. The molecule has 0 radical (unpaired) electrons. The van der Waals surface area contributed by atoms with E-state index < -0.39 is 0 Å². The Kier molecular flexibility index (Phi) is 11.6. The lowest BCUT2D eigenvalue weighted by Crippen LogP contribution is -2.17. The Morgan fingerprint density at radius 1 is 0.411 bits per heavy atom. The smallest absolute Gasteiger partial charge is 0.00538 e. The number of rotatable bonds is 10. The molecule has 56 heavy (non-hydrogen) atoms. The van der Waals surface area contributed by atoms with E-state index >= 15 is 0 Å². The first-order valence-electron chi connectivity index (χ1n) is 22.1. The van der Waals surface area contributed by atoms with Crippen LogP contribution in [0.2, 0.25) is 0 Å². The molecule has 0 spiro atoms. The maximum Gasteiger partial charge on any atom is 0.00538 e. The minimum Gasteiger partial charge on any atom is -0.0842 e. The van der Waals surface area contributed by atoms with Crippen LogP contribution < -0.4 is 0 Å². The quantitative estimate of drug-likeness (QED) is 0.210. The van der Waals surface area contributed by atoms with E-state index in [0.717, 1.165) is 38.5 Å². The lowest BCUT2D eigenvalue weighted by molar-refractivity contribution is 0.496. The third-order valence-corrected chi connectivity index (χ3v) is 13.9. The van der Waals surface area contributed by atoms with Crippen molar-refractivity contribution in [2.24, 2.45) is 35.5 Å². The van der Waals surface area contributed by atoms with Crippen molar-refractivity contribution >= 4 is 0 Å². The van der Waals surface area contributed by atoms with E-state index in [0.29, 0.717) is 35.5 Å². The van der Waals surface area contributed by atoms with Gasteiger partial charge in [0.2, 0.25) is 0 Å². The van der Waals surface area contributed by atoms with Crippen molar-refractivity contribution in [3.05, 3.63) is 214 Å². The van der Waals surface area contributed by atoms with Crippen LogP contribution in [-0.4, -0.2) is 0 Å². The normalized spacial score (nSPS) is 30.2. The van der Waals surface area contributed by atoms with Gasteiger partial charge >= 0.3 is 0 Å². The van der Waals surface area contributed by atoms with Gasteiger partial charge in [0.05, 0.1) is 0 Å². The van der Waals surface area contributed by atoms with Crippen LogP contribution in [0.25, 0.3) is 0 Å². The molecule has 0 heterocycles. The third-order valence-electron chi connectivity index (χ3n) is 13.9. The summed E-state index contributed by atoms with van der Waals surface area (Å²) in [6.45, 7) is 0. The number of hydrogen-bond donors (Lipinski definition) is 0. The van der Waals surface area contributed by atoms with Crippen LogP contribution in [0.3, 0.4) is 0 Å². The molecular formula is C56H60. The van der Waals surface area contributed by atoms with E-state index in [1.165, 1.54) is 73.7 Å². The molecule has 0 nitrogen and oxygen atoms in total. The second-order valence-electron chi connectivity index (χ2n) is 17.4. The van der Waals surface area contributed by atoms with Gasteiger partial charge in [-0.1, -0.05) is 164 Å². The minimum atomic E-state index is 0.468. The SMILES string of the molecule is C1=CCCC(C2=CC=C(C3=CC=C(C(CC4C=CC(C5C=CC(C6C=CC=CC6)=CC5)=CC4)C4=CCC(C5=CCC(C6=CCCC=C6)C=C5)C=C4)CC3)CC2)=C1. The molecule has 0 N–H and O–H groups in total. The number of hydrogen-bond acceptors (Lipinski definition) is 0. The first kappa shape index (κ1) is 36.9. The van der Waals surface area contributed by atoms with Crippen LogP contribution in [0.15, 0.2) is 214 Å². The van der Waals surface area contributed by atoms with E-state index in [-0.39, 0.29) is 0 Å². The van der Waals surface area contributed by atoms with Crippen molar-refractivity contribution in [1.29, 1.82) is 0 Å². The van der Waals surface area contributed by atoms with Crippen molar-refractivity contribution in [1.82, 2.24) is 0 Å². The molecule has 0 aliphatic heterocycles. The molecule has 0 aromatic heterocycles. The van der Waals surface area contributed by atoms with Gasteiger partial charge < -0.3 is 0 Å². The van der Waals surface area contributed by atoms with Gasteiger partial charge in [-0.3, -0.25) is 0 Å². The molecule has 0 aromatic carbocycles. The van der Waals surface area contributed by atoms with Crippen LogP contribution in [0.1, 0.15) is 89.9 Å². The highest BCUT2D eigenvalue weighted by atomic mass is 14.3. The van der Waals surface area contributed by atoms with E-state index in [4.69, 9.17) is 0 Å². The Balaban J connectivity index is 0.885. The van der Waals surface area contributed by atoms with Crippen molar-refractivity contribution in [3.8, 4) is 0 Å².